The Labute approximate surface area is 250 Å². The molecule has 2 heterocycles. The molecular formula is C31H33Cl2N3O5. The predicted molar refractivity (Wildman–Crippen MR) is 160 cm³/mol. The summed E-state index contributed by atoms with van der Waals surface area (Å²) in [5.41, 5.74) is 3.66. The molecule has 0 saturated carbocycles. The summed E-state index contributed by atoms with van der Waals surface area (Å²) in [7, 11) is 5.03. The van der Waals surface area contributed by atoms with Gasteiger partial charge in [0, 0.05) is 19.7 Å². The van der Waals surface area contributed by atoms with Crippen LogP contribution in [-0.2, 0) is 9.59 Å². The molecule has 1 saturated heterocycles. The number of halogens is 2. The van der Waals surface area contributed by atoms with Crippen molar-refractivity contribution in [1.82, 2.24) is 9.80 Å². The first kappa shape index (κ1) is 29.0. The topological polar surface area (TPSA) is 71.5 Å². The van der Waals surface area contributed by atoms with Gasteiger partial charge in [-0.3, -0.25) is 19.4 Å². The second-order valence-electron chi connectivity index (χ2n) is 10.2. The maximum atomic E-state index is 13.4. The first-order valence-corrected chi connectivity index (χ1v) is 14.3. The predicted octanol–water partition coefficient (Wildman–Crippen LogP) is 5.70. The van der Waals surface area contributed by atoms with Gasteiger partial charge in [0.05, 0.1) is 36.0 Å². The zero-order valence-electron chi connectivity index (χ0n) is 23.4. The van der Waals surface area contributed by atoms with E-state index in [0.717, 1.165) is 42.6 Å². The van der Waals surface area contributed by atoms with Gasteiger partial charge in [-0.25, -0.2) is 0 Å². The van der Waals surface area contributed by atoms with E-state index in [1.165, 1.54) is 4.90 Å². The third kappa shape index (κ3) is 6.25. The lowest BCUT2D eigenvalue weighted by molar-refractivity contribution is -0.131. The lowest BCUT2D eigenvalue weighted by Crippen LogP contribution is -2.47. The molecule has 10 heteroatoms. The molecule has 0 N–H and O–H groups in total. The third-order valence-corrected chi connectivity index (χ3v) is 8.43. The van der Waals surface area contributed by atoms with E-state index in [1.807, 2.05) is 18.2 Å². The highest BCUT2D eigenvalue weighted by atomic mass is 35.5. The van der Waals surface area contributed by atoms with Crippen LogP contribution < -0.4 is 19.1 Å². The van der Waals surface area contributed by atoms with Gasteiger partial charge in [0.15, 0.2) is 18.1 Å². The molecule has 216 valence electrons. The van der Waals surface area contributed by atoms with E-state index < -0.39 is 0 Å². The summed E-state index contributed by atoms with van der Waals surface area (Å²) in [6.45, 7) is 2.15. The number of anilines is 1. The summed E-state index contributed by atoms with van der Waals surface area (Å²) >= 11 is 12.3. The van der Waals surface area contributed by atoms with Gasteiger partial charge in [0.2, 0.25) is 5.91 Å². The van der Waals surface area contributed by atoms with E-state index in [4.69, 9.17) is 37.4 Å². The number of ether oxygens (including phenoxy) is 3. The number of carbonyl (C=O) groups excluding carboxylic acids is 2. The Morgan fingerprint density at radius 3 is 2.29 bits per heavy atom. The summed E-state index contributed by atoms with van der Waals surface area (Å²) in [5.74, 6) is 1.31. The van der Waals surface area contributed by atoms with E-state index in [-0.39, 0.29) is 31.0 Å². The van der Waals surface area contributed by atoms with Crippen LogP contribution in [0.2, 0.25) is 10.0 Å². The number of carbonyl (C=O) groups is 2. The van der Waals surface area contributed by atoms with Gasteiger partial charge in [-0.1, -0.05) is 53.5 Å². The molecule has 1 fully saturated rings. The van der Waals surface area contributed by atoms with E-state index in [9.17, 15) is 9.59 Å². The Bertz CT molecular complexity index is 1430. The Balaban J connectivity index is 1.33. The highest BCUT2D eigenvalue weighted by molar-refractivity contribution is 6.42. The number of benzene rings is 3. The Hall–Kier alpha value is -3.46. The summed E-state index contributed by atoms with van der Waals surface area (Å²) in [6.07, 6.45) is 2.25. The fourth-order valence-corrected chi connectivity index (χ4v) is 5.70. The number of fused-ring (bicyclic) bond motifs is 1. The smallest absolute Gasteiger partial charge is 0.265 e. The van der Waals surface area contributed by atoms with E-state index in [2.05, 4.69) is 29.2 Å². The Morgan fingerprint density at radius 1 is 0.951 bits per heavy atom. The van der Waals surface area contributed by atoms with E-state index >= 15 is 0 Å². The molecule has 41 heavy (non-hydrogen) atoms. The van der Waals surface area contributed by atoms with Crippen LogP contribution in [0.15, 0.2) is 54.6 Å². The largest absolute Gasteiger partial charge is 0.493 e. The van der Waals surface area contributed by atoms with Gasteiger partial charge in [0.25, 0.3) is 5.91 Å². The van der Waals surface area contributed by atoms with Crippen LogP contribution in [0.4, 0.5) is 5.69 Å². The molecule has 0 aliphatic carbocycles. The maximum absolute atomic E-state index is 13.4. The van der Waals surface area contributed by atoms with E-state index in [0.29, 0.717) is 39.5 Å². The molecule has 2 aliphatic heterocycles. The molecule has 3 aromatic carbocycles. The number of hydrogen-bond donors (Lipinski definition) is 0. The normalized spacial score (nSPS) is 15.7. The number of nitrogens with zero attached hydrogens (tertiary/aromatic N) is 3. The molecule has 0 aromatic heterocycles. The third-order valence-electron chi connectivity index (χ3n) is 7.70. The SMILES string of the molecule is COc1ccc(-c2ccc(C(CN(C)C(=O)CN3C(=O)COc4cc(Cl)c(Cl)cc43)N3CCCC3)cc2)cc1OC. The highest BCUT2D eigenvalue weighted by Gasteiger charge is 2.31. The number of hydrogen-bond acceptors (Lipinski definition) is 6. The summed E-state index contributed by atoms with van der Waals surface area (Å²) in [4.78, 5) is 31.7. The van der Waals surface area contributed by atoms with Crippen LogP contribution in [0, 0.1) is 0 Å². The minimum Gasteiger partial charge on any atom is -0.493 e. The van der Waals surface area contributed by atoms with E-state index in [1.54, 1.807) is 38.3 Å². The number of amides is 2. The Morgan fingerprint density at radius 2 is 1.61 bits per heavy atom. The highest BCUT2D eigenvalue weighted by Crippen LogP contribution is 2.39. The van der Waals surface area contributed by atoms with Crippen molar-refractivity contribution < 1.29 is 23.8 Å². The first-order valence-electron chi connectivity index (χ1n) is 13.5. The molecule has 5 rings (SSSR count). The molecule has 8 nitrogen and oxygen atoms in total. The molecule has 0 bridgehead atoms. The first-order chi connectivity index (χ1) is 19.8. The van der Waals surface area contributed by atoms with Crippen LogP contribution in [0.25, 0.3) is 11.1 Å². The molecule has 2 amide bonds. The van der Waals surface area contributed by atoms with Crippen molar-refractivity contribution in [3.05, 3.63) is 70.2 Å². The van der Waals surface area contributed by atoms with Crippen molar-refractivity contribution in [1.29, 1.82) is 0 Å². The molecule has 1 atom stereocenters. The molecule has 0 spiro atoms. The quantitative estimate of drug-likeness (QED) is 0.315. The average molecular weight is 599 g/mol. The summed E-state index contributed by atoms with van der Waals surface area (Å²) < 4.78 is 16.4. The lowest BCUT2D eigenvalue weighted by atomic mass is 9.99. The van der Waals surface area contributed by atoms with Crippen molar-refractivity contribution in [2.75, 3.05) is 59.0 Å². The van der Waals surface area contributed by atoms with Crippen molar-refractivity contribution >= 4 is 40.7 Å². The second-order valence-corrected chi connectivity index (χ2v) is 11.0. The second kappa shape index (κ2) is 12.6. The molecular weight excluding hydrogens is 565 g/mol. The van der Waals surface area contributed by atoms with Crippen LogP contribution in [0.1, 0.15) is 24.4 Å². The van der Waals surface area contributed by atoms with Gasteiger partial charge < -0.3 is 19.1 Å². The molecule has 2 aliphatic rings. The minimum absolute atomic E-state index is 0.0202. The maximum Gasteiger partial charge on any atom is 0.265 e. The fraction of sp³-hybridized carbons (Fsp3) is 0.355. The van der Waals surface area contributed by atoms with Gasteiger partial charge in [0.1, 0.15) is 12.3 Å². The number of rotatable bonds is 9. The zero-order valence-corrected chi connectivity index (χ0v) is 24.9. The number of likely N-dealkylation sites (tertiary alicyclic amines) is 1. The van der Waals surface area contributed by atoms with Crippen LogP contribution in [0.3, 0.4) is 0 Å². The fourth-order valence-electron chi connectivity index (χ4n) is 5.39. The summed E-state index contributed by atoms with van der Waals surface area (Å²) in [5, 5.41) is 0.619. The van der Waals surface area contributed by atoms with Gasteiger partial charge in [-0.15, -0.1) is 0 Å². The van der Waals surface area contributed by atoms with Gasteiger partial charge in [-0.05, 0) is 60.8 Å². The van der Waals surface area contributed by atoms with Crippen LogP contribution in [-0.4, -0.2) is 75.7 Å². The van der Waals surface area contributed by atoms with Crippen molar-refractivity contribution in [3.8, 4) is 28.4 Å². The van der Waals surface area contributed by atoms with Crippen molar-refractivity contribution in [2.45, 2.75) is 18.9 Å². The molecule has 0 radical (unpaired) electrons. The Kier molecular flexibility index (Phi) is 8.92. The van der Waals surface area contributed by atoms with Crippen LogP contribution in [0.5, 0.6) is 17.2 Å². The van der Waals surface area contributed by atoms with Crippen molar-refractivity contribution in [3.63, 3.8) is 0 Å². The zero-order chi connectivity index (χ0) is 29.1. The lowest BCUT2D eigenvalue weighted by Gasteiger charge is -2.34. The standard InChI is InChI=1S/C31H33Cl2N3O5/c1-34(30(37)18-36-25-15-23(32)24(33)16-28(25)41-19-31(36)38)17-26(35-12-4-5-13-35)21-8-6-20(7-9-21)22-10-11-27(39-2)29(14-22)40-3/h6-11,14-16,26H,4-5,12-13,17-19H2,1-3H3. The van der Waals surface area contributed by atoms with Crippen LogP contribution >= 0.6 is 23.2 Å². The molecule has 1 unspecified atom stereocenters. The minimum atomic E-state index is -0.306. The van der Waals surface area contributed by atoms with Crippen molar-refractivity contribution in [2.24, 2.45) is 0 Å². The number of methoxy groups -OCH3 is 2. The van der Waals surface area contributed by atoms with Gasteiger partial charge in [-0.2, -0.15) is 0 Å². The average Bonchev–Trinajstić information content (AvgIpc) is 3.52. The summed E-state index contributed by atoms with van der Waals surface area (Å²) in [6, 6.07) is 17.5. The monoisotopic (exact) mass is 597 g/mol. The molecule has 3 aromatic rings. The van der Waals surface area contributed by atoms with Gasteiger partial charge >= 0.3 is 0 Å². The number of likely N-dealkylation sites (N-methyl/N-ethyl adjacent to an activating group) is 1.